The molecular formula is C53H48N2O2. The van der Waals surface area contributed by atoms with E-state index in [1.807, 2.05) is 0 Å². The first kappa shape index (κ1) is 35.2. The van der Waals surface area contributed by atoms with Gasteiger partial charge >= 0.3 is 0 Å². The lowest BCUT2D eigenvalue weighted by Crippen LogP contribution is -2.46. The fourth-order valence-electron chi connectivity index (χ4n) is 11.0. The van der Waals surface area contributed by atoms with E-state index in [0.717, 1.165) is 34.6 Å². The number of para-hydroxylation sites is 4. The van der Waals surface area contributed by atoms with E-state index < -0.39 is 0 Å². The monoisotopic (exact) mass is 744 g/mol. The van der Waals surface area contributed by atoms with Gasteiger partial charge in [-0.15, -0.1) is 0 Å². The summed E-state index contributed by atoms with van der Waals surface area (Å²) in [5, 5.41) is 0. The molecule has 0 aromatic heterocycles. The van der Waals surface area contributed by atoms with Crippen LogP contribution in [-0.2, 0) is 0 Å². The molecule has 0 amide bonds. The second-order valence-corrected chi connectivity index (χ2v) is 16.5. The van der Waals surface area contributed by atoms with E-state index in [1.54, 1.807) is 14.2 Å². The third-order valence-electron chi connectivity index (χ3n) is 13.1. The second-order valence-electron chi connectivity index (χ2n) is 16.5. The van der Waals surface area contributed by atoms with E-state index in [9.17, 15) is 0 Å². The van der Waals surface area contributed by atoms with Crippen molar-refractivity contribution in [2.75, 3.05) is 24.0 Å². The van der Waals surface area contributed by atoms with E-state index >= 15 is 0 Å². The van der Waals surface area contributed by atoms with Gasteiger partial charge in [-0.25, -0.2) is 0 Å². The molecule has 57 heavy (non-hydrogen) atoms. The average molecular weight is 745 g/mol. The molecule has 0 saturated carbocycles. The van der Waals surface area contributed by atoms with Crippen molar-refractivity contribution in [2.24, 2.45) is 5.92 Å². The van der Waals surface area contributed by atoms with Crippen LogP contribution in [0.2, 0.25) is 0 Å². The summed E-state index contributed by atoms with van der Waals surface area (Å²) in [4.78, 5) is 5.10. The molecular weight excluding hydrogens is 697 g/mol. The number of rotatable bonds is 7. The number of hydrogen-bond acceptors (Lipinski definition) is 4. The number of fused-ring (bicyclic) bond motifs is 6. The summed E-state index contributed by atoms with van der Waals surface area (Å²) in [5.74, 6) is 2.40. The van der Waals surface area contributed by atoms with Crippen LogP contribution in [0.1, 0.15) is 61.3 Å². The molecule has 2 aliphatic carbocycles. The van der Waals surface area contributed by atoms with Gasteiger partial charge in [-0.3, -0.25) is 0 Å². The fraction of sp³-hybridized carbons (Fsp3) is 0.208. The van der Waals surface area contributed by atoms with Gasteiger partial charge in [-0.1, -0.05) is 116 Å². The molecule has 2 aliphatic heterocycles. The van der Waals surface area contributed by atoms with Crippen molar-refractivity contribution in [2.45, 2.75) is 50.1 Å². The number of allylic oxidation sites excluding steroid dienone is 3. The minimum Gasteiger partial charge on any atom is -0.496 e. The maximum Gasteiger partial charge on any atom is 0.127 e. The number of anilines is 4. The summed E-state index contributed by atoms with van der Waals surface area (Å²) < 4.78 is 12.5. The predicted molar refractivity (Wildman–Crippen MR) is 236 cm³/mol. The minimum absolute atomic E-state index is 0.128. The van der Waals surface area contributed by atoms with Crippen LogP contribution in [0.3, 0.4) is 0 Å². The van der Waals surface area contributed by atoms with E-state index in [0.29, 0.717) is 5.92 Å². The molecule has 0 fully saturated rings. The molecule has 0 bridgehead atoms. The van der Waals surface area contributed by atoms with Crippen molar-refractivity contribution in [3.63, 3.8) is 0 Å². The SMILES string of the molecule is COc1cc(C2=CC=CC3(C)C2c2ccccc2N3c2ccccc2)ccc1-c1ccc(C2=CC(C)CC3(C)C2c2ccccc2N3c2ccccc2)cc1OC. The van der Waals surface area contributed by atoms with Gasteiger partial charge in [0.05, 0.1) is 25.3 Å². The van der Waals surface area contributed by atoms with Gasteiger partial charge in [0.2, 0.25) is 0 Å². The molecule has 10 rings (SSSR count). The lowest BCUT2D eigenvalue weighted by atomic mass is 9.67. The van der Waals surface area contributed by atoms with Gasteiger partial charge in [0.1, 0.15) is 11.5 Å². The highest BCUT2D eigenvalue weighted by Gasteiger charge is 2.53. The Morgan fingerprint density at radius 2 is 1.07 bits per heavy atom. The van der Waals surface area contributed by atoms with E-state index in [1.165, 1.54) is 50.6 Å². The Hall–Kier alpha value is -6.26. The third-order valence-corrected chi connectivity index (χ3v) is 13.1. The van der Waals surface area contributed by atoms with Gasteiger partial charge < -0.3 is 19.3 Å². The van der Waals surface area contributed by atoms with Crippen LogP contribution in [-0.4, -0.2) is 25.3 Å². The Balaban J connectivity index is 1.02. The Morgan fingerprint density at radius 3 is 1.67 bits per heavy atom. The smallest absolute Gasteiger partial charge is 0.127 e. The van der Waals surface area contributed by atoms with Crippen molar-refractivity contribution in [1.82, 2.24) is 0 Å². The fourth-order valence-corrected chi connectivity index (χ4v) is 11.0. The molecule has 0 saturated heterocycles. The van der Waals surface area contributed by atoms with Gasteiger partial charge in [0.15, 0.2) is 0 Å². The number of benzene rings is 6. The normalized spacial score (nSPS) is 24.2. The van der Waals surface area contributed by atoms with Crippen molar-refractivity contribution in [3.05, 3.63) is 192 Å². The molecule has 4 nitrogen and oxygen atoms in total. The van der Waals surface area contributed by atoms with E-state index in [4.69, 9.17) is 9.47 Å². The quantitative estimate of drug-likeness (QED) is 0.162. The Morgan fingerprint density at radius 1 is 0.561 bits per heavy atom. The second kappa shape index (κ2) is 13.4. The van der Waals surface area contributed by atoms with Crippen LogP contribution in [0.5, 0.6) is 11.5 Å². The molecule has 4 heteroatoms. The maximum atomic E-state index is 6.24. The molecule has 0 radical (unpaired) electrons. The van der Waals surface area contributed by atoms with Crippen molar-refractivity contribution >= 4 is 33.9 Å². The zero-order valence-corrected chi connectivity index (χ0v) is 33.3. The summed E-state index contributed by atoms with van der Waals surface area (Å²) in [6.07, 6.45) is 10.4. The highest BCUT2D eigenvalue weighted by atomic mass is 16.5. The topological polar surface area (TPSA) is 24.9 Å². The van der Waals surface area contributed by atoms with Gasteiger partial charge in [0.25, 0.3) is 0 Å². The van der Waals surface area contributed by atoms with Gasteiger partial charge in [0, 0.05) is 45.7 Å². The van der Waals surface area contributed by atoms with E-state index in [-0.39, 0.29) is 22.9 Å². The summed E-state index contributed by atoms with van der Waals surface area (Å²) in [6, 6.07) is 52.9. The highest BCUT2D eigenvalue weighted by molar-refractivity contribution is 5.91. The Labute approximate surface area is 337 Å². The zero-order chi connectivity index (χ0) is 38.9. The van der Waals surface area contributed by atoms with Crippen LogP contribution < -0.4 is 19.3 Å². The van der Waals surface area contributed by atoms with Crippen molar-refractivity contribution in [1.29, 1.82) is 0 Å². The zero-order valence-electron chi connectivity index (χ0n) is 33.3. The van der Waals surface area contributed by atoms with Crippen molar-refractivity contribution < 1.29 is 9.47 Å². The van der Waals surface area contributed by atoms with Gasteiger partial charge in [-0.05, 0) is 120 Å². The van der Waals surface area contributed by atoms with Crippen LogP contribution in [0.4, 0.5) is 22.7 Å². The summed E-state index contributed by atoms with van der Waals surface area (Å²) in [6.45, 7) is 7.17. The highest BCUT2D eigenvalue weighted by Crippen LogP contribution is 2.61. The number of methoxy groups -OCH3 is 2. The van der Waals surface area contributed by atoms with Crippen LogP contribution in [0.25, 0.3) is 22.3 Å². The van der Waals surface area contributed by atoms with Crippen LogP contribution >= 0.6 is 0 Å². The number of hydrogen-bond donors (Lipinski definition) is 0. The first-order valence-electron chi connectivity index (χ1n) is 20.2. The summed E-state index contributed by atoms with van der Waals surface area (Å²) in [7, 11) is 3.55. The van der Waals surface area contributed by atoms with Crippen molar-refractivity contribution in [3.8, 4) is 22.6 Å². The first-order valence-corrected chi connectivity index (χ1v) is 20.2. The molecule has 6 aromatic rings. The van der Waals surface area contributed by atoms with Crippen LogP contribution in [0.15, 0.2) is 170 Å². The molecule has 6 aromatic carbocycles. The largest absolute Gasteiger partial charge is 0.496 e. The Bertz CT molecular complexity index is 2610. The predicted octanol–water partition coefficient (Wildman–Crippen LogP) is 13.1. The number of ether oxygens (including phenoxy) is 2. The molecule has 0 N–H and O–H groups in total. The molecule has 0 spiro atoms. The number of nitrogens with zero attached hydrogens (tertiary/aromatic N) is 2. The third kappa shape index (κ3) is 5.34. The average Bonchev–Trinajstić information content (AvgIpc) is 3.68. The molecule has 282 valence electrons. The first-order chi connectivity index (χ1) is 27.8. The molecule has 5 atom stereocenters. The Kier molecular flexibility index (Phi) is 8.30. The molecule has 5 unspecified atom stereocenters. The molecule has 2 heterocycles. The van der Waals surface area contributed by atoms with Gasteiger partial charge in [-0.2, -0.15) is 0 Å². The lowest BCUT2D eigenvalue weighted by Gasteiger charge is -2.46. The van der Waals surface area contributed by atoms with Crippen LogP contribution in [0, 0.1) is 5.92 Å². The minimum atomic E-state index is -0.278. The summed E-state index contributed by atoms with van der Waals surface area (Å²) in [5.41, 5.74) is 14.3. The standard InChI is InChI=1S/C53H48N2O2/c1-35-31-45(51-44-22-13-15-25-47(44)55(53(51,3)34-35)39-19-10-7-11-20-39)37-27-29-42(49(33-37)57-5)41-28-26-36(32-48(41)56-4)40-23-16-30-52(2)50(40)43-21-12-14-24-46(43)54(52)38-17-8-6-9-18-38/h6-33,35,50-51H,34H2,1-5H3. The molecule has 4 aliphatic rings. The van der Waals surface area contributed by atoms with E-state index in [2.05, 4.69) is 200 Å². The summed E-state index contributed by atoms with van der Waals surface area (Å²) >= 11 is 0. The maximum absolute atomic E-state index is 6.24. The lowest BCUT2D eigenvalue weighted by molar-refractivity contribution is 0.359.